The Balaban J connectivity index is 1.86. The summed E-state index contributed by atoms with van der Waals surface area (Å²) in [6.45, 7) is 0.200. The van der Waals surface area contributed by atoms with Crippen molar-refractivity contribution in [1.82, 2.24) is 19.7 Å². The molecule has 0 radical (unpaired) electrons. The fraction of sp³-hybridized carbons (Fsp3) is 0.214. The maximum absolute atomic E-state index is 5.91. The van der Waals surface area contributed by atoms with Crippen molar-refractivity contribution in [3.8, 4) is 11.5 Å². The Labute approximate surface area is 121 Å². The van der Waals surface area contributed by atoms with Gasteiger partial charge in [0.05, 0.1) is 18.7 Å². The van der Waals surface area contributed by atoms with Crippen molar-refractivity contribution >= 4 is 16.9 Å². The van der Waals surface area contributed by atoms with E-state index in [-0.39, 0.29) is 6.61 Å². The van der Waals surface area contributed by atoms with Gasteiger partial charge in [-0.1, -0.05) is 12.1 Å². The minimum atomic E-state index is 0.200. The first kappa shape index (κ1) is 13.2. The van der Waals surface area contributed by atoms with Gasteiger partial charge in [-0.3, -0.25) is 4.68 Å². The van der Waals surface area contributed by atoms with E-state index in [4.69, 9.17) is 15.2 Å². The first-order valence-corrected chi connectivity index (χ1v) is 6.39. The van der Waals surface area contributed by atoms with E-state index in [0.717, 1.165) is 5.39 Å². The lowest BCUT2D eigenvalue weighted by Crippen LogP contribution is -2.06. The molecule has 108 valence electrons. The molecule has 0 atom stereocenters. The molecule has 2 N–H and O–H groups in total. The third-order valence-corrected chi connectivity index (χ3v) is 3.09. The molecule has 0 aliphatic carbocycles. The summed E-state index contributed by atoms with van der Waals surface area (Å²) < 4.78 is 12.6. The molecule has 0 saturated carbocycles. The summed E-state index contributed by atoms with van der Waals surface area (Å²) in [6.07, 6.45) is 1.65. The van der Waals surface area contributed by atoms with Gasteiger partial charge >= 0.3 is 0 Å². The number of hydrogen-bond acceptors (Lipinski definition) is 6. The predicted octanol–water partition coefficient (Wildman–Crippen LogP) is 1.53. The van der Waals surface area contributed by atoms with Gasteiger partial charge in [0.2, 0.25) is 0 Å². The van der Waals surface area contributed by atoms with Crippen LogP contribution in [0.4, 0.5) is 5.82 Å². The summed E-state index contributed by atoms with van der Waals surface area (Å²) in [5.41, 5.74) is 6.59. The quantitative estimate of drug-likeness (QED) is 0.782. The van der Waals surface area contributed by atoms with E-state index in [1.54, 1.807) is 25.0 Å². The van der Waals surface area contributed by atoms with E-state index in [1.165, 1.54) is 0 Å². The first-order chi connectivity index (χ1) is 10.2. The topological polar surface area (TPSA) is 88.1 Å². The van der Waals surface area contributed by atoms with Crippen molar-refractivity contribution in [3.63, 3.8) is 0 Å². The molecule has 0 unspecified atom stereocenters. The lowest BCUT2D eigenvalue weighted by Gasteiger charge is -2.10. The molecule has 0 spiro atoms. The Kier molecular flexibility index (Phi) is 3.31. The van der Waals surface area contributed by atoms with Crippen molar-refractivity contribution in [2.75, 3.05) is 12.8 Å². The van der Waals surface area contributed by atoms with Crippen LogP contribution in [0, 0.1) is 0 Å². The van der Waals surface area contributed by atoms with E-state index in [1.807, 2.05) is 24.3 Å². The zero-order chi connectivity index (χ0) is 14.8. The number of para-hydroxylation sites is 2. The summed E-state index contributed by atoms with van der Waals surface area (Å²) in [6, 6.07) is 7.40. The van der Waals surface area contributed by atoms with Gasteiger partial charge in [-0.2, -0.15) is 5.10 Å². The van der Waals surface area contributed by atoms with Gasteiger partial charge in [0.1, 0.15) is 12.4 Å². The average Bonchev–Trinajstić information content (AvgIpc) is 2.87. The van der Waals surface area contributed by atoms with Crippen LogP contribution in [0.1, 0.15) is 5.82 Å². The van der Waals surface area contributed by atoms with E-state index in [9.17, 15) is 0 Å². The Hall–Kier alpha value is -2.83. The van der Waals surface area contributed by atoms with Gasteiger partial charge in [-0.15, -0.1) is 0 Å². The van der Waals surface area contributed by atoms with Gasteiger partial charge in [0.15, 0.2) is 23.0 Å². The summed E-state index contributed by atoms with van der Waals surface area (Å²) in [5.74, 6) is 2.18. The molecule has 0 amide bonds. The number of methoxy groups -OCH3 is 1. The highest BCUT2D eigenvalue weighted by atomic mass is 16.5. The molecule has 2 heterocycles. The second-order valence-electron chi connectivity index (χ2n) is 4.47. The molecule has 21 heavy (non-hydrogen) atoms. The fourth-order valence-electron chi connectivity index (χ4n) is 2.04. The second-order valence-corrected chi connectivity index (χ2v) is 4.47. The molecule has 3 rings (SSSR count). The van der Waals surface area contributed by atoms with Crippen LogP contribution in [0.25, 0.3) is 11.0 Å². The summed E-state index contributed by atoms with van der Waals surface area (Å²) in [7, 11) is 3.40. The third-order valence-electron chi connectivity index (χ3n) is 3.09. The Morgan fingerprint density at radius 1 is 1.19 bits per heavy atom. The Morgan fingerprint density at radius 2 is 1.95 bits per heavy atom. The van der Waals surface area contributed by atoms with E-state index < -0.39 is 0 Å². The molecule has 7 nitrogen and oxygen atoms in total. The molecule has 7 heteroatoms. The number of aryl methyl sites for hydroxylation is 1. The zero-order valence-corrected chi connectivity index (χ0v) is 11.8. The van der Waals surface area contributed by atoms with Crippen LogP contribution in [0.2, 0.25) is 0 Å². The van der Waals surface area contributed by atoms with Crippen LogP contribution in [0.5, 0.6) is 11.5 Å². The largest absolute Gasteiger partial charge is 0.493 e. The Bertz CT molecular complexity index is 784. The van der Waals surface area contributed by atoms with Crippen molar-refractivity contribution in [1.29, 1.82) is 0 Å². The van der Waals surface area contributed by atoms with E-state index in [0.29, 0.717) is 28.8 Å². The number of ether oxygens (including phenoxy) is 2. The summed E-state index contributed by atoms with van der Waals surface area (Å²) >= 11 is 0. The van der Waals surface area contributed by atoms with Crippen molar-refractivity contribution < 1.29 is 9.47 Å². The van der Waals surface area contributed by atoms with E-state index in [2.05, 4.69) is 15.1 Å². The molecule has 0 aliphatic rings. The number of rotatable bonds is 4. The molecule has 2 aromatic heterocycles. The highest BCUT2D eigenvalue weighted by Crippen LogP contribution is 2.26. The standard InChI is InChI=1S/C14H15N5O2/c1-19-14-9(7-16-19)13(15)17-12(18-14)8-21-11-6-4-3-5-10(11)20-2/h3-7H,8H2,1-2H3,(H2,15,17,18). The average molecular weight is 285 g/mol. The third kappa shape index (κ3) is 2.45. The number of nitrogen functional groups attached to an aromatic ring is 1. The monoisotopic (exact) mass is 285 g/mol. The van der Waals surface area contributed by atoms with Gasteiger partial charge < -0.3 is 15.2 Å². The lowest BCUT2D eigenvalue weighted by atomic mass is 10.3. The number of aromatic nitrogens is 4. The molecule has 1 aromatic carbocycles. The van der Waals surface area contributed by atoms with Gasteiger partial charge in [-0.05, 0) is 12.1 Å². The maximum atomic E-state index is 5.91. The number of benzene rings is 1. The summed E-state index contributed by atoms with van der Waals surface area (Å²) in [4.78, 5) is 8.64. The molecule has 0 fully saturated rings. The van der Waals surface area contributed by atoms with Crippen LogP contribution >= 0.6 is 0 Å². The van der Waals surface area contributed by atoms with Crippen LogP contribution in [-0.4, -0.2) is 26.9 Å². The van der Waals surface area contributed by atoms with Crippen LogP contribution in [0.3, 0.4) is 0 Å². The number of nitrogens with zero attached hydrogens (tertiary/aromatic N) is 4. The molecule has 3 aromatic rings. The number of nitrogens with two attached hydrogens (primary N) is 1. The highest BCUT2D eigenvalue weighted by molar-refractivity contribution is 5.84. The van der Waals surface area contributed by atoms with Crippen molar-refractivity contribution in [3.05, 3.63) is 36.3 Å². The number of hydrogen-bond donors (Lipinski definition) is 1. The maximum Gasteiger partial charge on any atom is 0.170 e. The first-order valence-electron chi connectivity index (χ1n) is 6.39. The van der Waals surface area contributed by atoms with Crippen LogP contribution in [0.15, 0.2) is 30.5 Å². The molecular weight excluding hydrogens is 270 g/mol. The predicted molar refractivity (Wildman–Crippen MR) is 78.0 cm³/mol. The van der Waals surface area contributed by atoms with Gasteiger partial charge in [-0.25, -0.2) is 9.97 Å². The highest BCUT2D eigenvalue weighted by Gasteiger charge is 2.10. The normalized spacial score (nSPS) is 10.8. The molecule has 0 bridgehead atoms. The molecule has 0 saturated heterocycles. The zero-order valence-electron chi connectivity index (χ0n) is 11.8. The number of anilines is 1. The van der Waals surface area contributed by atoms with Crippen molar-refractivity contribution in [2.24, 2.45) is 7.05 Å². The minimum absolute atomic E-state index is 0.200. The minimum Gasteiger partial charge on any atom is -0.493 e. The van der Waals surface area contributed by atoms with Gasteiger partial charge in [0.25, 0.3) is 0 Å². The lowest BCUT2D eigenvalue weighted by molar-refractivity contribution is 0.277. The number of fused-ring (bicyclic) bond motifs is 1. The summed E-state index contributed by atoms with van der Waals surface area (Å²) in [5, 5.41) is 4.85. The van der Waals surface area contributed by atoms with Crippen molar-refractivity contribution in [2.45, 2.75) is 6.61 Å². The fourth-order valence-corrected chi connectivity index (χ4v) is 2.04. The van der Waals surface area contributed by atoms with Crippen LogP contribution in [-0.2, 0) is 13.7 Å². The SMILES string of the molecule is COc1ccccc1OCc1nc(N)c2cnn(C)c2n1. The van der Waals surface area contributed by atoms with E-state index >= 15 is 0 Å². The van der Waals surface area contributed by atoms with Crippen LogP contribution < -0.4 is 15.2 Å². The Morgan fingerprint density at radius 3 is 2.71 bits per heavy atom. The smallest absolute Gasteiger partial charge is 0.170 e. The molecule has 0 aliphatic heterocycles. The van der Waals surface area contributed by atoms with Gasteiger partial charge in [0, 0.05) is 7.05 Å². The second kappa shape index (κ2) is 5.28. The molecular formula is C14H15N5O2.